The van der Waals surface area contributed by atoms with Gasteiger partial charge in [-0.1, -0.05) is 13.8 Å². The van der Waals surface area contributed by atoms with Crippen molar-refractivity contribution in [1.29, 1.82) is 0 Å². The normalized spacial score (nSPS) is 15.9. The number of ether oxygens (including phenoxy) is 1. The van der Waals surface area contributed by atoms with E-state index in [-0.39, 0.29) is 11.5 Å². The Morgan fingerprint density at radius 3 is 2.83 bits per heavy atom. The molecule has 5 rings (SSSR count). The van der Waals surface area contributed by atoms with Gasteiger partial charge >= 0.3 is 0 Å². The molecule has 1 N–H and O–H groups in total. The van der Waals surface area contributed by atoms with Crippen LogP contribution in [-0.2, 0) is 24.3 Å². The van der Waals surface area contributed by atoms with E-state index in [1.54, 1.807) is 12.6 Å². The fourth-order valence-electron chi connectivity index (χ4n) is 4.02. The molecule has 0 bridgehead atoms. The number of pyridine rings is 1. The van der Waals surface area contributed by atoms with Gasteiger partial charge in [0.25, 0.3) is 0 Å². The average molecular weight is 392 g/mol. The van der Waals surface area contributed by atoms with Crippen LogP contribution in [0, 0.1) is 0 Å². The summed E-state index contributed by atoms with van der Waals surface area (Å²) in [6.45, 7) is 9.59. The van der Waals surface area contributed by atoms with E-state index in [0.29, 0.717) is 30.3 Å². The zero-order valence-corrected chi connectivity index (χ0v) is 17.1. The largest absolute Gasteiger partial charge is 0.467 e. The van der Waals surface area contributed by atoms with E-state index in [9.17, 15) is 0 Å². The van der Waals surface area contributed by atoms with Crippen LogP contribution in [0.2, 0.25) is 0 Å². The lowest BCUT2D eigenvalue weighted by atomic mass is 9.87. The summed E-state index contributed by atoms with van der Waals surface area (Å²) >= 11 is 0. The van der Waals surface area contributed by atoms with Crippen LogP contribution in [0.1, 0.15) is 56.2 Å². The molecule has 7 nitrogen and oxygen atoms in total. The minimum Gasteiger partial charge on any atom is -0.467 e. The molecule has 0 saturated heterocycles. The maximum atomic E-state index is 6.21. The summed E-state index contributed by atoms with van der Waals surface area (Å²) in [7, 11) is 0. The van der Waals surface area contributed by atoms with Crippen LogP contribution in [0.4, 0.5) is 5.82 Å². The van der Waals surface area contributed by atoms with E-state index in [2.05, 4.69) is 43.0 Å². The van der Waals surface area contributed by atoms with Crippen molar-refractivity contribution < 1.29 is 13.6 Å². The SMILES string of the molecule is CC(C)c1nc2oc3c(NCc4ccco4)ncnc3c2c2c1COC(C)(C)C2. The molecule has 0 radical (unpaired) electrons. The number of rotatable bonds is 4. The Hall–Kier alpha value is -2.93. The molecule has 7 heteroatoms. The second kappa shape index (κ2) is 6.56. The number of aromatic nitrogens is 3. The first-order valence-corrected chi connectivity index (χ1v) is 9.92. The molecule has 0 fully saturated rings. The van der Waals surface area contributed by atoms with E-state index in [4.69, 9.17) is 18.6 Å². The molecule has 0 unspecified atom stereocenters. The Morgan fingerprint density at radius 2 is 2.07 bits per heavy atom. The lowest BCUT2D eigenvalue weighted by Gasteiger charge is -2.33. The van der Waals surface area contributed by atoms with Crippen molar-refractivity contribution >= 4 is 28.0 Å². The van der Waals surface area contributed by atoms with Gasteiger partial charge < -0.3 is 18.9 Å². The van der Waals surface area contributed by atoms with Crippen LogP contribution in [0.15, 0.2) is 33.6 Å². The molecule has 4 aromatic rings. The molecule has 0 aromatic carbocycles. The van der Waals surface area contributed by atoms with Crippen LogP contribution < -0.4 is 5.32 Å². The van der Waals surface area contributed by atoms with E-state index < -0.39 is 0 Å². The zero-order chi connectivity index (χ0) is 20.2. The van der Waals surface area contributed by atoms with Crippen LogP contribution >= 0.6 is 0 Å². The van der Waals surface area contributed by atoms with Crippen molar-refractivity contribution in [3.8, 4) is 0 Å². The monoisotopic (exact) mass is 392 g/mol. The number of furan rings is 2. The van der Waals surface area contributed by atoms with Gasteiger partial charge in [-0.05, 0) is 37.5 Å². The van der Waals surface area contributed by atoms with Gasteiger partial charge in [0.1, 0.15) is 17.6 Å². The Bertz CT molecular complexity index is 1190. The second-order valence-electron chi connectivity index (χ2n) is 8.45. The number of hydrogen-bond donors (Lipinski definition) is 1. The van der Waals surface area contributed by atoms with Gasteiger partial charge in [-0.15, -0.1) is 0 Å². The van der Waals surface area contributed by atoms with Crippen molar-refractivity contribution in [1.82, 2.24) is 15.0 Å². The van der Waals surface area contributed by atoms with Crippen molar-refractivity contribution in [3.63, 3.8) is 0 Å². The molecular weight excluding hydrogens is 368 g/mol. The molecule has 0 spiro atoms. The minimum absolute atomic E-state index is 0.244. The quantitative estimate of drug-likeness (QED) is 0.526. The third-order valence-electron chi connectivity index (χ3n) is 5.42. The van der Waals surface area contributed by atoms with Gasteiger partial charge in [-0.3, -0.25) is 0 Å². The highest BCUT2D eigenvalue weighted by atomic mass is 16.5. The smallest absolute Gasteiger partial charge is 0.229 e. The molecule has 1 aliphatic heterocycles. The number of fused-ring (bicyclic) bond motifs is 5. The van der Waals surface area contributed by atoms with Gasteiger partial charge in [0, 0.05) is 12.0 Å². The van der Waals surface area contributed by atoms with Crippen molar-refractivity contribution in [2.75, 3.05) is 5.32 Å². The zero-order valence-electron chi connectivity index (χ0n) is 17.1. The molecule has 0 saturated carbocycles. The highest BCUT2D eigenvalue weighted by Gasteiger charge is 2.32. The van der Waals surface area contributed by atoms with Crippen molar-refractivity contribution in [2.45, 2.75) is 58.8 Å². The molecular formula is C22H24N4O3. The molecule has 0 atom stereocenters. The first kappa shape index (κ1) is 18.1. The molecule has 4 aromatic heterocycles. The van der Waals surface area contributed by atoms with E-state index in [1.165, 1.54) is 11.1 Å². The minimum atomic E-state index is -0.244. The highest BCUT2D eigenvalue weighted by molar-refractivity contribution is 6.06. The van der Waals surface area contributed by atoms with Gasteiger partial charge in [0.2, 0.25) is 5.71 Å². The first-order chi connectivity index (χ1) is 13.9. The topological polar surface area (TPSA) is 86.2 Å². The fraction of sp³-hybridized carbons (Fsp3) is 0.409. The molecule has 150 valence electrons. The predicted octanol–water partition coefficient (Wildman–Crippen LogP) is 4.95. The Labute approximate surface area is 168 Å². The van der Waals surface area contributed by atoms with E-state index in [1.807, 2.05) is 12.1 Å². The summed E-state index contributed by atoms with van der Waals surface area (Å²) in [5, 5.41) is 4.27. The van der Waals surface area contributed by atoms with E-state index >= 15 is 0 Å². The summed E-state index contributed by atoms with van der Waals surface area (Å²) < 4.78 is 17.7. The maximum Gasteiger partial charge on any atom is 0.229 e. The highest BCUT2D eigenvalue weighted by Crippen LogP contribution is 2.40. The third-order valence-corrected chi connectivity index (χ3v) is 5.42. The third kappa shape index (κ3) is 3.06. The molecule has 29 heavy (non-hydrogen) atoms. The van der Waals surface area contributed by atoms with Crippen molar-refractivity contribution in [3.05, 3.63) is 47.3 Å². The van der Waals surface area contributed by atoms with Crippen molar-refractivity contribution in [2.24, 2.45) is 0 Å². The summed E-state index contributed by atoms with van der Waals surface area (Å²) in [5.41, 5.74) is 5.19. The second-order valence-corrected chi connectivity index (χ2v) is 8.45. The molecule has 0 aliphatic carbocycles. The number of hydrogen-bond acceptors (Lipinski definition) is 7. The van der Waals surface area contributed by atoms with Gasteiger partial charge in [0.15, 0.2) is 11.4 Å². The predicted molar refractivity (Wildman–Crippen MR) is 110 cm³/mol. The van der Waals surface area contributed by atoms with Crippen LogP contribution in [0.25, 0.3) is 22.2 Å². The number of nitrogens with one attached hydrogen (secondary N) is 1. The summed E-state index contributed by atoms with van der Waals surface area (Å²) in [6.07, 6.45) is 4.01. The summed E-state index contributed by atoms with van der Waals surface area (Å²) in [4.78, 5) is 13.8. The van der Waals surface area contributed by atoms with E-state index in [0.717, 1.165) is 28.8 Å². The molecule has 1 aliphatic rings. The summed E-state index contributed by atoms with van der Waals surface area (Å²) in [5.74, 6) is 1.73. The Kier molecular flexibility index (Phi) is 4.10. The van der Waals surface area contributed by atoms with Crippen LogP contribution in [0.3, 0.4) is 0 Å². The number of nitrogens with zero attached hydrogens (tertiary/aromatic N) is 3. The van der Waals surface area contributed by atoms with Gasteiger partial charge in [0.05, 0.1) is 36.1 Å². The molecule has 0 amide bonds. The standard InChI is InChI=1S/C22H24N4O3/c1-12(2)17-15-10-28-22(3,4)8-14(15)16-18-19(29-21(16)26-17)20(25-11-24-18)23-9-13-6-5-7-27-13/h5-7,11-12H,8-10H2,1-4H3,(H,23,24,25). The van der Waals surface area contributed by atoms with Crippen LogP contribution in [0.5, 0.6) is 0 Å². The first-order valence-electron chi connectivity index (χ1n) is 9.92. The van der Waals surface area contributed by atoms with Gasteiger partial charge in [-0.2, -0.15) is 0 Å². The lowest BCUT2D eigenvalue weighted by molar-refractivity contribution is -0.0402. The summed E-state index contributed by atoms with van der Waals surface area (Å²) in [6, 6.07) is 3.78. The fourth-order valence-corrected chi connectivity index (χ4v) is 4.02. The average Bonchev–Trinajstić information content (AvgIpc) is 3.32. The number of anilines is 1. The molecule has 5 heterocycles. The van der Waals surface area contributed by atoms with Crippen LogP contribution in [-0.4, -0.2) is 20.6 Å². The Balaban J connectivity index is 1.70. The maximum absolute atomic E-state index is 6.21. The lowest BCUT2D eigenvalue weighted by Crippen LogP contribution is -2.33. The Morgan fingerprint density at radius 1 is 1.21 bits per heavy atom. The van der Waals surface area contributed by atoms with Gasteiger partial charge in [-0.25, -0.2) is 15.0 Å².